The van der Waals surface area contributed by atoms with Crippen LogP contribution in [0.15, 0.2) is 35.7 Å². The highest BCUT2D eigenvalue weighted by Crippen LogP contribution is 2.39. The lowest BCUT2D eigenvalue weighted by atomic mass is 9.99. The molecule has 0 radical (unpaired) electrons. The second kappa shape index (κ2) is 7.78. The molecule has 0 aliphatic carbocycles. The first kappa shape index (κ1) is 18.0. The Labute approximate surface area is 170 Å². The molecular weight excluding hydrogens is 368 g/mol. The van der Waals surface area contributed by atoms with Crippen molar-refractivity contribution in [2.75, 3.05) is 38.2 Å². The van der Waals surface area contributed by atoms with Crippen molar-refractivity contribution >= 4 is 27.4 Å². The molecule has 0 bridgehead atoms. The van der Waals surface area contributed by atoms with Gasteiger partial charge in [-0.3, -0.25) is 4.90 Å². The molecule has 5 rings (SSSR count). The number of nitrogens with zero attached hydrogens (tertiary/aromatic N) is 4. The van der Waals surface area contributed by atoms with Crippen LogP contribution in [0, 0.1) is 0 Å². The van der Waals surface area contributed by atoms with Crippen LogP contribution in [0.3, 0.4) is 0 Å². The van der Waals surface area contributed by atoms with E-state index < -0.39 is 0 Å². The normalized spacial score (nSPS) is 20.5. The zero-order valence-electron chi connectivity index (χ0n) is 16.3. The summed E-state index contributed by atoms with van der Waals surface area (Å²) >= 11 is 1.71. The lowest BCUT2D eigenvalue weighted by Gasteiger charge is -2.44. The lowest BCUT2D eigenvalue weighted by molar-refractivity contribution is 0.133. The van der Waals surface area contributed by atoms with E-state index in [1.165, 1.54) is 42.3 Å². The van der Waals surface area contributed by atoms with Gasteiger partial charge in [0.1, 0.15) is 17.3 Å². The number of aromatic nitrogens is 2. The third kappa shape index (κ3) is 3.30. The number of anilines is 1. The number of benzene rings is 1. The summed E-state index contributed by atoms with van der Waals surface area (Å²) in [6, 6.07) is 11.3. The maximum Gasteiger partial charge on any atom is 0.158 e. The van der Waals surface area contributed by atoms with Gasteiger partial charge in [-0.2, -0.15) is 0 Å². The van der Waals surface area contributed by atoms with Crippen LogP contribution in [-0.4, -0.2) is 54.2 Å². The van der Waals surface area contributed by atoms with Gasteiger partial charge in [0.2, 0.25) is 0 Å². The van der Waals surface area contributed by atoms with Gasteiger partial charge in [-0.1, -0.05) is 36.8 Å². The highest BCUT2D eigenvalue weighted by Gasteiger charge is 2.31. The fourth-order valence-corrected chi connectivity index (χ4v) is 5.53. The minimum Gasteiger partial charge on any atom is -0.377 e. The van der Waals surface area contributed by atoms with E-state index >= 15 is 0 Å². The minimum absolute atomic E-state index is 0.449. The number of piperazine rings is 1. The quantitative estimate of drug-likeness (QED) is 0.664. The first-order chi connectivity index (χ1) is 13.8. The van der Waals surface area contributed by atoms with Crippen LogP contribution in [0.4, 0.5) is 5.82 Å². The Balaban J connectivity index is 1.60. The third-order valence-corrected chi connectivity index (χ3v) is 6.83. The maximum atomic E-state index is 5.35. The zero-order valence-corrected chi connectivity index (χ0v) is 17.1. The molecule has 6 heteroatoms. The van der Waals surface area contributed by atoms with Crippen LogP contribution in [0.2, 0.25) is 0 Å². The van der Waals surface area contributed by atoms with E-state index in [0.29, 0.717) is 12.6 Å². The van der Waals surface area contributed by atoms with Gasteiger partial charge in [-0.05, 0) is 24.9 Å². The summed E-state index contributed by atoms with van der Waals surface area (Å²) in [5, 5.41) is 3.42. The first-order valence-electron chi connectivity index (χ1n) is 10.1. The lowest BCUT2D eigenvalue weighted by Crippen LogP contribution is -2.55. The molecule has 2 aliphatic heterocycles. The Bertz CT molecular complexity index is 958. The molecule has 2 fully saturated rings. The Morgan fingerprint density at radius 3 is 2.86 bits per heavy atom. The van der Waals surface area contributed by atoms with Crippen LogP contribution >= 0.6 is 11.3 Å². The number of thiophene rings is 1. The summed E-state index contributed by atoms with van der Waals surface area (Å²) in [4.78, 5) is 16.0. The minimum atomic E-state index is 0.449. The van der Waals surface area contributed by atoms with Crippen molar-refractivity contribution in [3.05, 3.63) is 41.5 Å². The second-order valence-corrected chi connectivity index (χ2v) is 8.58. The zero-order chi connectivity index (χ0) is 18.9. The molecule has 0 N–H and O–H groups in total. The van der Waals surface area contributed by atoms with Crippen molar-refractivity contribution in [3.8, 4) is 11.1 Å². The van der Waals surface area contributed by atoms with E-state index in [-0.39, 0.29) is 0 Å². The summed E-state index contributed by atoms with van der Waals surface area (Å²) in [7, 11) is 1.71. The highest BCUT2D eigenvalue weighted by atomic mass is 32.1. The average Bonchev–Trinajstić information content (AvgIpc) is 3.18. The number of ether oxygens (including phenoxy) is 1. The third-order valence-electron chi connectivity index (χ3n) is 5.96. The van der Waals surface area contributed by atoms with Gasteiger partial charge in [0.25, 0.3) is 0 Å². The van der Waals surface area contributed by atoms with Crippen molar-refractivity contribution in [2.24, 2.45) is 0 Å². The summed E-state index contributed by atoms with van der Waals surface area (Å²) in [6.07, 6.45) is 3.98. The van der Waals surface area contributed by atoms with E-state index in [4.69, 9.17) is 14.7 Å². The molecule has 2 aromatic heterocycles. The van der Waals surface area contributed by atoms with E-state index in [1.807, 2.05) is 0 Å². The van der Waals surface area contributed by atoms with Crippen molar-refractivity contribution in [2.45, 2.75) is 31.9 Å². The van der Waals surface area contributed by atoms with E-state index in [9.17, 15) is 0 Å². The largest absolute Gasteiger partial charge is 0.377 e. The molecule has 5 nitrogen and oxygen atoms in total. The van der Waals surface area contributed by atoms with Gasteiger partial charge < -0.3 is 9.64 Å². The Morgan fingerprint density at radius 1 is 1.11 bits per heavy atom. The Kier molecular flexibility index (Phi) is 5.01. The van der Waals surface area contributed by atoms with Crippen molar-refractivity contribution in [1.82, 2.24) is 14.9 Å². The molecule has 28 heavy (non-hydrogen) atoms. The number of hydrogen-bond acceptors (Lipinski definition) is 6. The molecule has 0 amide bonds. The molecular formula is C22H26N4OS. The maximum absolute atomic E-state index is 5.35. The van der Waals surface area contributed by atoms with Crippen LogP contribution in [-0.2, 0) is 11.3 Å². The van der Waals surface area contributed by atoms with Crippen LogP contribution in [0.25, 0.3) is 21.3 Å². The van der Waals surface area contributed by atoms with E-state index in [0.717, 1.165) is 36.1 Å². The van der Waals surface area contributed by atoms with Gasteiger partial charge in [-0.15, -0.1) is 11.3 Å². The molecule has 0 saturated carbocycles. The first-order valence-corrected chi connectivity index (χ1v) is 11.0. The number of fused-ring (bicyclic) bond motifs is 2. The van der Waals surface area contributed by atoms with Gasteiger partial charge in [0.15, 0.2) is 5.82 Å². The van der Waals surface area contributed by atoms with Gasteiger partial charge in [-0.25, -0.2) is 9.97 Å². The van der Waals surface area contributed by atoms with Gasteiger partial charge in [0, 0.05) is 43.7 Å². The summed E-state index contributed by atoms with van der Waals surface area (Å²) in [5.74, 6) is 1.86. The van der Waals surface area contributed by atoms with Gasteiger partial charge >= 0.3 is 0 Å². The number of hydrogen-bond donors (Lipinski definition) is 0. The predicted molar refractivity (Wildman–Crippen MR) is 115 cm³/mol. The smallest absolute Gasteiger partial charge is 0.158 e. The molecule has 3 aromatic rings. The Morgan fingerprint density at radius 2 is 2.00 bits per heavy atom. The molecule has 146 valence electrons. The van der Waals surface area contributed by atoms with Crippen molar-refractivity contribution < 1.29 is 4.74 Å². The fourth-order valence-electron chi connectivity index (χ4n) is 4.57. The average molecular weight is 395 g/mol. The summed E-state index contributed by atoms with van der Waals surface area (Å²) in [6.45, 7) is 4.91. The van der Waals surface area contributed by atoms with Crippen LogP contribution < -0.4 is 4.90 Å². The summed E-state index contributed by atoms with van der Waals surface area (Å²) in [5.41, 5.74) is 2.47. The van der Waals surface area contributed by atoms with E-state index in [2.05, 4.69) is 45.5 Å². The van der Waals surface area contributed by atoms with Crippen LogP contribution in [0.5, 0.6) is 0 Å². The molecule has 1 atom stereocenters. The number of methoxy groups -OCH3 is 1. The second-order valence-electron chi connectivity index (χ2n) is 7.72. The SMILES string of the molecule is COCc1nc(N2CCN3CCCCC3C2)c2c(-c3ccccc3)csc2n1. The topological polar surface area (TPSA) is 41.5 Å². The van der Waals surface area contributed by atoms with E-state index in [1.54, 1.807) is 18.4 Å². The Hall–Kier alpha value is -2.02. The van der Waals surface area contributed by atoms with Crippen molar-refractivity contribution in [1.29, 1.82) is 0 Å². The van der Waals surface area contributed by atoms with Crippen molar-refractivity contribution in [3.63, 3.8) is 0 Å². The highest BCUT2D eigenvalue weighted by molar-refractivity contribution is 7.17. The fraction of sp³-hybridized carbons (Fsp3) is 0.455. The molecule has 4 heterocycles. The van der Waals surface area contributed by atoms with Gasteiger partial charge in [0.05, 0.1) is 5.39 Å². The standard InChI is InChI=1S/C22H26N4OS/c1-27-14-19-23-21(26-12-11-25-10-6-5-9-17(25)13-26)20-18(15-28-22(20)24-19)16-7-3-2-4-8-16/h2-4,7-8,15,17H,5-6,9-14H2,1H3. The predicted octanol–water partition coefficient (Wildman–Crippen LogP) is 4.18. The van der Waals surface area contributed by atoms with Crippen LogP contribution in [0.1, 0.15) is 25.1 Å². The molecule has 0 spiro atoms. The number of piperidine rings is 1. The monoisotopic (exact) mass is 394 g/mol. The molecule has 1 aromatic carbocycles. The summed E-state index contributed by atoms with van der Waals surface area (Å²) < 4.78 is 5.35. The molecule has 2 aliphatic rings. The molecule has 2 saturated heterocycles. The number of rotatable bonds is 4. The molecule has 1 unspecified atom stereocenters.